The molecule has 0 N–H and O–H groups in total. The average Bonchev–Trinajstić information content (AvgIpc) is 2.77. The Balaban J connectivity index is 1.80. The fraction of sp³-hybridized carbons (Fsp3) is 0.778. The van der Waals surface area contributed by atoms with E-state index in [1.54, 1.807) is 0 Å². The Hall–Kier alpha value is -0.540. The number of hydrogen-bond donors (Lipinski definition) is 0. The lowest BCUT2D eigenvalue weighted by Gasteiger charge is -2.06. The van der Waals surface area contributed by atoms with Crippen molar-refractivity contribution in [3.8, 4) is 0 Å². The number of hydrogen-bond acceptors (Lipinski definition) is 3. The molecule has 0 aliphatic carbocycles. The molecular weight excluding hydrogens is 156 g/mol. The van der Waals surface area contributed by atoms with Crippen molar-refractivity contribution in [1.29, 1.82) is 0 Å². The van der Waals surface area contributed by atoms with Crippen molar-refractivity contribution in [3.63, 3.8) is 0 Å². The van der Waals surface area contributed by atoms with Crippen LogP contribution in [0, 0.1) is 0 Å². The van der Waals surface area contributed by atoms with Crippen LogP contribution in [-0.2, 0) is 14.2 Å². The van der Waals surface area contributed by atoms with Crippen LogP contribution in [0.3, 0.4) is 0 Å². The molecule has 0 spiro atoms. The summed E-state index contributed by atoms with van der Waals surface area (Å²) in [6.45, 7) is 7.61. The minimum Gasteiger partial charge on any atom is -0.502 e. The van der Waals surface area contributed by atoms with Gasteiger partial charge in [-0.15, -0.1) is 0 Å². The molecule has 1 aliphatic rings. The highest BCUT2D eigenvalue weighted by molar-refractivity contribution is 4.74. The predicted molar refractivity (Wildman–Crippen MR) is 45.7 cm³/mol. The molecule has 0 amide bonds. The fourth-order valence-electron chi connectivity index (χ4n) is 0.844. The summed E-state index contributed by atoms with van der Waals surface area (Å²) < 4.78 is 15.4. The summed E-state index contributed by atoms with van der Waals surface area (Å²) in [6, 6.07) is 0. The smallest absolute Gasteiger partial charge is 0.189 e. The summed E-state index contributed by atoms with van der Waals surface area (Å²) in [5, 5.41) is 0. The second-order valence-corrected chi connectivity index (χ2v) is 3.02. The third-order valence-corrected chi connectivity index (χ3v) is 1.73. The van der Waals surface area contributed by atoms with E-state index in [9.17, 15) is 0 Å². The molecule has 3 heteroatoms. The van der Waals surface area contributed by atoms with Gasteiger partial charge < -0.3 is 14.2 Å². The van der Waals surface area contributed by atoms with E-state index in [-0.39, 0.29) is 5.79 Å². The van der Waals surface area contributed by atoms with Crippen molar-refractivity contribution >= 4 is 0 Å². The number of epoxide rings is 1. The van der Waals surface area contributed by atoms with Crippen molar-refractivity contribution in [3.05, 3.63) is 12.8 Å². The second kappa shape index (κ2) is 4.48. The monoisotopic (exact) mass is 172 g/mol. The molecule has 0 aromatic carbocycles. The average molecular weight is 172 g/mol. The zero-order chi connectivity index (χ0) is 8.86. The van der Waals surface area contributed by atoms with Gasteiger partial charge in [-0.3, -0.25) is 0 Å². The molecule has 0 bridgehead atoms. The van der Waals surface area contributed by atoms with E-state index in [1.807, 2.05) is 6.92 Å². The molecule has 1 fully saturated rings. The molecule has 0 aromatic heterocycles. The summed E-state index contributed by atoms with van der Waals surface area (Å²) in [6.07, 6.45) is 3.47. The Labute approximate surface area is 73.3 Å². The SMILES string of the molecule is C=COCCCCOC1(C)CO1. The van der Waals surface area contributed by atoms with Crippen LogP contribution in [0.4, 0.5) is 0 Å². The largest absolute Gasteiger partial charge is 0.502 e. The molecule has 0 aromatic rings. The summed E-state index contributed by atoms with van der Waals surface area (Å²) in [5.74, 6) is -0.265. The Bertz CT molecular complexity index is 141. The Morgan fingerprint density at radius 2 is 2.17 bits per heavy atom. The topological polar surface area (TPSA) is 31.0 Å². The lowest BCUT2D eigenvalue weighted by Crippen LogP contribution is -2.11. The second-order valence-electron chi connectivity index (χ2n) is 3.02. The third-order valence-electron chi connectivity index (χ3n) is 1.73. The molecule has 1 heterocycles. The van der Waals surface area contributed by atoms with Crippen molar-refractivity contribution in [2.24, 2.45) is 0 Å². The van der Waals surface area contributed by atoms with E-state index < -0.39 is 0 Å². The van der Waals surface area contributed by atoms with Crippen molar-refractivity contribution in [2.45, 2.75) is 25.6 Å². The minimum atomic E-state index is -0.265. The summed E-state index contributed by atoms with van der Waals surface area (Å²) >= 11 is 0. The Kier molecular flexibility index (Phi) is 3.56. The number of ether oxygens (including phenoxy) is 3. The molecule has 1 atom stereocenters. The normalized spacial score (nSPS) is 26.8. The van der Waals surface area contributed by atoms with Crippen LogP contribution >= 0.6 is 0 Å². The van der Waals surface area contributed by atoms with E-state index in [0.29, 0.717) is 0 Å². The van der Waals surface area contributed by atoms with Gasteiger partial charge in [0.1, 0.15) is 6.61 Å². The molecule has 1 rings (SSSR count). The maximum absolute atomic E-state index is 5.42. The maximum Gasteiger partial charge on any atom is 0.189 e. The van der Waals surface area contributed by atoms with Gasteiger partial charge in [0.15, 0.2) is 5.79 Å². The van der Waals surface area contributed by atoms with E-state index in [0.717, 1.165) is 32.7 Å². The van der Waals surface area contributed by atoms with Crippen molar-refractivity contribution < 1.29 is 14.2 Å². The summed E-state index contributed by atoms with van der Waals surface area (Å²) in [4.78, 5) is 0. The first kappa shape index (κ1) is 9.55. The first-order valence-electron chi connectivity index (χ1n) is 4.27. The van der Waals surface area contributed by atoms with Gasteiger partial charge in [0.25, 0.3) is 0 Å². The van der Waals surface area contributed by atoms with Gasteiger partial charge >= 0.3 is 0 Å². The van der Waals surface area contributed by atoms with Gasteiger partial charge in [-0.05, 0) is 19.8 Å². The van der Waals surface area contributed by atoms with E-state index in [1.165, 1.54) is 6.26 Å². The zero-order valence-electron chi connectivity index (χ0n) is 7.54. The van der Waals surface area contributed by atoms with Crippen LogP contribution in [0.5, 0.6) is 0 Å². The van der Waals surface area contributed by atoms with Gasteiger partial charge in [0.05, 0.1) is 19.5 Å². The van der Waals surface area contributed by atoms with Crippen LogP contribution < -0.4 is 0 Å². The molecule has 1 aliphatic heterocycles. The number of unbranched alkanes of at least 4 members (excludes halogenated alkanes) is 1. The lowest BCUT2D eigenvalue weighted by molar-refractivity contribution is -0.0317. The standard InChI is InChI=1S/C9H16O3/c1-3-10-6-4-5-7-11-9(2)8-12-9/h3H,1,4-8H2,2H3. The Morgan fingerprint density at radius 3 is 2.75 bits per heavy atom. The Morgan fingerprint density at radius 1 is 1.50 bits per heavy atom. The van der Waals surface area contributed by atoms with Crippen LogP contribution in [0.15, 0.2) is 12.8 Å². The van der Waals surface area contributed by atoms with E-state index >= 15 is 0 Å². The quantitative estimate of drug-likeness (QED) is 0.332. The van der Waals surface area contributed by atoms with Gasteiger partial charge in [-0.2, -0.15) is 0 Å². The van der Waals surface area contributed by atoms with Gasteiger partial charge in [0, 0.05) is 0 Å². The van der Waals surface area contributed by atoms with Crippen LogP contribution in [-0.4, -0.2) is 25.6 Å². The van der Waals surface area contributed by atoms with Crippen molar-refractivity contribution in [2.75, 3.05) is 19.8 Å². The molecule has 12 heavy (non-hydrogen) atoms. The van der Waals surface area contributed by atoms with Crippen LogP contribution in [0.25, 0.3) is 0 Å². The van der Waals surface area contributed by atoms with E-state index in [2.05, 4.69) is 6.58 Å². The van der Waals surface area contributed by atoms with Crippen molar-refractivity contribution in [1.82, 2.24) is 0 Å². The zero-order valence-corrected chi connectivity index (χ0v) is 7.54. The third kappa shape index (κ3) is 3.74. The molecule has 0 radical (unpaired) electrons. The highest BCUT2D eigenvalue weighted by Gasteiger charge is 2.40. The number of rotatable bonds is 7. The minimum absolute atomic E-state index is 0.265. The van der Waals surface area contributed by atoms with Crippen LogP contribution in [0.2, 0.25) is 0 Å². The highest BCUT2D eigenvalue weighted by atomic mass is 16.8. The first-order valence-corrected chi connectivity index (χ1v) is 4.27. The van der Waals surface area contributed by atoms with Gasteiger partial charge in [-0.25, -0.2) is 0 Å². The molecule has 0 saturated carbocycles. The molecule has 1 saturated heterocycles. The lowest BCUT2D eigenvalue weighted by atomic mass is 10.3. The highest BCUT2D eigenvalue weighted by Crippen LogP contribution is 2.27. The predicted octanol–water partition coefficient (Wildman–Crippen LogP) is 1.69. The maximum atomic E-state index is 5.42. The summed E-state index contributed by atoms with van der Waals surface area (Å²) in [7, 11) is 0. The molecule has 70 valence electrons. The molecular formula is C9H16O3. The fourth-order valence-corrected chi connectivity index (χ4v) is 0.844. The van der Waals surface area contributed by atoms with E-state index in [4.69, 9.17) is 14.2 Å². The van der Waals surface area contributed by atoms with Gasteiger partial charge in [-0.1, -0.05) is 6.58 Å². The van der Waals surface area contributed by atoms with Gasteiger partial charge in [0.2, 0.25) is 0 Å². The molecule has 1 unspecified atom stereocenters. The first-order chi connectivity index (χ1) is 5.77. The summed E-state index contributed by atoms with van der Waals surface area (Å²) in [5.41, 5.74) is 0. The van der Waals surface area contributed by atoms with Crippen LogP contribution in [0.1, 0.15) is 19.8 Å². The molecule has 3 nitrogen and oxygen atoms in total.